The molecule has 0 saturated heterocycles. The molecule has 0 radical (unpaired) electrons. The summed E-state index contributed by atoms with van der Waals surface area (Å²) in [6.07, 6.45) is 0. The minimum absolute atomic E-state index is 0.225. The SMILES string of the molecule is CCOC(=O)C(C(C)(C)C)P(=O)(OCC)OCC. The fourth-order valence-corrected chi connectivity index (χ4v) is 4.10. The Labute approximate surface area is 110 Å². The molecule has 0 aromatic carbocycles. The number of ether oxygens (including phenoxy) is 1. The van der Waals surface area contributed by atoms with Gasteiger partial charge in [0.25, 0.3) is 0 Å². The van der Waals surface area contributed by atoms with Crippen molar-refractivity contribution >= 4 is 13.6 Å². The zero-order valence-corrected chi connectivity index (χ0v) is 13.1. The number of carbonyl (C=O) groups is 1. The molecule has 0 amide bonds. The summed E-state index contributed by atoms with van der Waals surface area (Å²) >= 11 is 0. The van der Waals surface area contributed by atoms with Crippen molar-refractivity contribution in [2.45, 2.75) is 47.2 Å². The first-order chi connectivity index (χ1) is 8.22. The molecule has 18 heavy (non-hydrogen) atoms. The van der Waals surface area contributed by atoms with Crippen molar-refractivity contribution in [3.63, 3.8) is 0 Å². The van der Waals surface area contributed by atoms with Crippen LogP contribution in [0.15, 0.2) is 0 Å². The van der Waals surface area contributed by atoms with Gasteiger partial charge in [0.15, 0.2) is 5.66 Å². The van der Waals surface area contributed by atoms with E-state index in [0.29, 0.717) is 0 Å². The zero-order chi connectivity index (χ0) is 14.4. The molecule has 0 aliphatic carbocycles. The average Bonchev–Trinajstić information content (AvgIpc) is 2.15. The number of esters is 1. The number of hydrogen-bond acceptors (Lipinski definition) is 5. The highest BCUT2D eigenvalue weighted by Gasteiger charge is 2.49. The third-order valence-corrected chi connectivity index (χ3v) is 5.12. The molecular weight excluding hydrogens is 255 g/mol. The fraction of sp³-hybridized carbons (Fsp3) is 0.917. The number of hydrogen-bond donors (Lipinski definition) is 0. The smallest absolute Gasteiger partial charge is 0.345 e. The highest BCUT2D eigenvalue weighted by atomic mass is 31.2. The Bertz CT molecular complexity index is 298. The van der Waals surface area contributed by atoms with Crippen molar-refractivity contribution in [2.24, 2.45) is 5.41 Å². The molecule has 0 fully saturated rings. The van der Waals surface area contributed by atoms with Crippen molar-refractivity contribution in [3.05, 3.63) is 0 Å². The maximum atomic E-state index is 12.7. The summed E-state index contributed by atoms with van der Waals surface area (Å²) < 4.78 is 28.2. The molecule has 5 nitrogen and oxygen atoms in total. The highest BCUT2D eigenvalue weighted by Crippen LogP contribution is 2.58. The zero-order valence-electron chi connectivity index (χ0n) is 12.2. The lowest BCUT2D eigenvalue weighted by molar-refractivity contribution is -0.145. The number of rotatable bonds is 7. The third kappa shape index (κ3) is 4.71. The molecule has 0 rings (SSSR count). The molecule has 1 atom stereocenters. The highest BCUT2D eigenvalue weighted by molar-refractivity contribution is 7.55. The normalized spacial score (nSPS) is 14.3. The van der Waals surface area contributed by atoms with Gasteiger partial charge in [-0.05, 0) is 26.2 Å². The van der Waals surface area contributed by atoms with Gasteiger partial charge >= 0.3 is 13.6 Å². The van der Waals surface area contributed by atoms with E-state index in [1.54, 1.807) is 20.8 Å². The van der Waals surface area contributed by atoms with Crippen molar-refractivity contribution in [2.75, 3.05) is 19.8 Å². The lowest BCUT2D eigenvalue weighted by Gasteiger charge is -2.33. The van der Waals surface area contributed by atoms with E-state index in [9.17, 15) is 9.36 Å². The van der Waals surface area contributed by atoms with Gasteiger partial charge in [-0.25, -0.2) is 0 Å². The summed E-state index contributed by atoms with van der Waals surface area (Å²) in [4.78, 5) is 12.0. The Kier molecular flexibility index (Phi) is 7.11. The van der Waals surface area contributed by atoms with Crippen LogP contribution in [0.2, 0.25) is 0 Å². The van der Waals surface area contributed by atoms with Crippen LogP contribution in [0.5, 0.6) is 0 Å². The van der Waals surface area contributed by atoms with E-state index >= 15 is 0 Å². The van der Waals surface area contributed by atoms with Crippen LogP contribution in [-0.2, 0) is 23.1 Å². The molecule has 108 valence electrons. The molecule has 0 aliphatic heterocycles. The van der Waals surface area contributed by atoms with Gasteiger partial charge in [-0.15, -0.1) is 0 Å². The summed E-state index contributed by atoms with van der Waals surface area (Å²) in [7, 11) is -3.51. The quantitative estimate of drug-likeness (QED) is 0.529. The largest absolute Gasteiger partial charge is 0.465 e. The van der Waals surface area contributed by atoms with Gasteiger partial charge in [0.2, 0.25) is 0 Å². The molecule has 0 saturated carbocycles. The molecule has 6 heteroatoms. The molecule has 0 aliphatic rings. The van der Waals surface area contributed by atoms with E-state index in [-0.39, 0.29) is 19.8 Å². The Morgan fingerprint density at radius 3 is 1.78 bits per heavy atom. The molecule has 0 aromatic rings. The standard InChI is InChI=1S/C12H25O5P/c1-7-15-11(13)10(12(4,5)6)18(14,16-8-2)17-9-3/h10H,7-9H2,1-6H3. The molecule has 0 aromatic heterocycles. The number of carbonyl (C=O) groups excluding carboxylic acids is 1. The van der Waals surface area contributed by atoms with Crippen LogP contribution in [0, 0.1) is 5.41 Å². The Hall–Kier alpha value is -0.380. The van der Waals surface area contributed by atoms with Gasteiger partial charge in [-0.2, -0.15) is 0 Å². The summed E-state index contributed by atoms with van der Waals surface area (Å²) in [5.41, 5.74) is -1.48. The predicted octanol–water partition coefficient (Wildman–Crippen LogP) is 3.23. The van der Waals surface area contributed by atoms with E-state index in [1.165, 1.54) is 0 Å². The molecule has 1 unspecified atom stereocenters. The Morgan fingerprint density at radius 2 is 1.50 bits per heavy atom. The molecule has 0 N–H and O–H groups in total. The Morgan fingerprint density at radius 1 is 1.06 bits per heavy atom. The van der Waals surface area contributed by atoms with Crippen LogP contribution >= 0.6 is 7.60 Å². The first-order valence-electron chi connectivity index (χ1n) is 6.28. The molecule has 0 spiro atoms. The summed E-state index contributed by atoms with van der Waals surface area (Å²) in [6.45, 7) is 11.3. The summed E-state index contributed by atoms with van der Waals surface area (Å²) in [5, 5.41) is 0. The Balaban J connectivity index is 5.38. The van der Waals surface area contributed by atoms with Crippen LogP contribution in [0.4, 0.5) is 0 Å². The van der Waals surface area contributed by atoms with Crippen LogP contribution in [0.3, 0.4) is 0 Å². The van der Waals surface area contributed by atoms with Gasteiger partial charge in [-0.1, -0.05) is 20.8 Å². The second-order valence-corrected chi connectivity index (χ2v) is 7.01. The summed E-state index contributed by atoms with van der Waals surface area (Å²) in [6, 6.07) is 0. The second kappa shape index (κ2) is 7.27. The minimum Gasteiger partial charge on any atom is -0.465 e. The van der Waals surface area contributed by atoms with Crippen molar-refractivity contribution in [3.8, 4) is 0 Å². The van der Waals surface area contributed by atoms with Gasteiger partial charge < -0.3 is 13.8 Å². The first-order valence-corrected chi connectivity index (χ1v) is 7.89. The van der Waals surface area contributed by atoms with Crippen molar-refractivity contribution < 1.29 is 23.1 Å². The average molecular weight is 280 g/mol. The molecular formula is C12H25O5P. The van der Waals surface area contributed by atoms with Gasteiger partial charge in [0.05, 0.1) is 19.8 Å². The van der Waals surface area contributed by atoms with Crippen molar-refractivity contribution in [1.29, 1.82) is 0 Å². The summed E-state index contributed by atoms with van der Waals surface area (Å²) in [5.74, 6) is -0.532. The van der Waals surface area contributed by atoms with E-state index in [0.717, 1.165) is 0 Å². The van der Waals surface area contributed by atoms with Crippen LogP contribution in [0.25, 0.3) is 0 Å². The van der Waals surface area contributed by atoms with E-state index in [4.69, 9.17) is 13.8 Å². The van der Waals surface area contributed by atoms with Gasteiger partial charge in [-0.3, -0.25) is 9.36 Å². The third-order valence-electron chi connectivity index (χ3n) is 2.26. The monoisotopic (exact) mass is 280 g/mol. The van der Waals surface area contributed by atoms with Gasteiger partial charge in [0.1, 0.15) is 0 Å². The van der Waals surface area contributed by atoms with Gasteiger partial charge in [0, 0.05) is 0 Å². The second-order valence-electron chi connectivity index (χ2n) is 4.90. The van der Waals surface area contributed by atoms with E-state index in [2.05, 4.69) is 0 Å². The van der Waals surface area contributed by atoms with Crippen LogP contribution in [-0.4, -0.2) is 31.4 Å². The maximum absolute atomic E-state index is 12.7. The molecule has 0 bridgehead atoms. The van der Waals surface area contributed by atoms with Crippen LogP contribution < -0.4 is 0 Å². The lowest BCUT2D eigenvalue weighted by atomic mass is 9.92. The van der Waals surface area contributed by atoms with Crippen molar-refractivity contribution in [1.82, 2.24) is 0 Å². The maximum Gasteiger partial charge on any atom is 0.345 e. The fourth-order valence-electron chi connectivity index (χ4n) is 1.72. The molecule has 0 heterocycles. The predicted molar refractivity (Wildman–Crippen MR) is 70.7 cm³/mol. The van der Waals surface area contributed by atoms with E-state index < -0.39 is 24.6 Å². The minimum atomic E-state index is -3.51. The first kappa shape index (κ1) is 17.6. The van der Waals surface area contributed by atoms with E-state index in [1.807, 2.05) is 20.8 Å². The lowest BCUT2D eigenvalue weighted by Crippen LogP contribution is -2.37. The van der Waals surface area contributed by atoms with Crippen LogP contribution in [0.1, 0.15) is 41.5 Å². The topological polar surface area (TPSA) is 61.8 Å².